The predicted octanol–water partition coefficient (Wildman–Crippen LogP) is 4.96. The smallest absolute Gasteiger partial charge is 0.322 e. The summed E-state index contributed by atoms with van der Waals surface area (Å²) in [4.78, 5) is 30.4. The minimum absolute atomic E-state index is 0.0387. The summed E-state index contributed by atoms with van der Waals surface area (Å²) in [6.07, 6.45) is 2.74. The highest BCUT2D eigenvalue weighted by Crippen LogP contribution is 2.22. The van der Waals surface area contributed by atoms with Crippen molar-refractivity contribution in [2.75, 3.05) is 18.5 Å². The minimum Gasteiger partial charge on any atom is -0.376 e. The average molecular weight is 440 g/mol. The van der Waals surface area contributed by atoms with Crippen LogP contribution >= 0.6 is 11.6 Å². The van der Waals surface area contributed by atoms with E-state index < -0.39 is 0 Å². The number of carbonyl (C=O) groups is 1. The van der Waals surface area contributed by atoms with Gasteiger partial charge in [-0.1, -0.05) is 36.7 Å². The average Bonchev–Trinajstić information content (AvgIpc) is 3.28. The Morgan fingerprint density at radius 2 is 2.10 bits per heavy atom. The molecule has 4 rings (SSSR count). The number of hydrogen-bond acceptors (Lipinski definition) is 3. The van der Waals surface area contributed by atoms with Gasteiger partial charge >= 0.3 is 6.03 Å². The maximum absolute atomic E-state index is 13.1. The standard InChI is InChI=1S/C24H26ClN3O3/c1-2-16-9-10-21-17(12-16)13-18(23(29)26-21)14-28(15-19-6-5-11-31-19)24(30)27-22-8-4-3-7-20(22)25/h3-4,7-10,12-13,19H,2,5-6,11,14-15H2,1H3,(H,26,29)(H,27,30)/t19-/m0/s1. The molecule has 31 heavy (non-hydrogen) atoms. The number of H-pyrrole nitrogens is 1. The summed E-state index contributed by atoms with van der Waals surface area (Å²) in [5.41, 5.74) is 2.86. The number of nitrogens with one attached hydrogen (secondary N) is 2. The molecule has 162 valence electrons. The van der Waals surface area contributed by atoms with Crippen LogP contribution in [0.3, 0.4) is 0 Å². The number of carbonyl (C=O) groups excluding carboxylic acids is 1. The van der Waals surface area contributed by atoms with Gasteiger partial charge < -0.3 is 19.9 Å². The lowest BCUT2D eigenvalue weighted by molar-refractivity contribution is 0.0818. The number of aromatic nitrogens is 1. The minimum atomic E-state index is -0.314. The first kappa shape index (κ1) is 21.4. The highest BCUT2D eigenvalue weighted by molar-refractivity contribution is 6.33. The van der Waals surface area contributed by atoms with Crippen LogP contribution in [0.1, 0.15) is 30.9 Å². The largest absolute Gasteiger partial charge is 0.376 e. The van der Waals surface area contributed by atoms with E-state index in [1.165, 1.54) is 5.56 Å². The van der Waals surface area contributed by atoms with Crippen molar-refractivity contribution in [2.24, 2.45) is 0 Å². The fourth-order valence-electron chi connectivity index (χ4n) is 3.85. The molecule has 2 heterocycles. The van der Waals surface area contributed by atoms with Gasteiger partial charge in [-0.05, 0) is 60.5 Å². The molecule has 0 unspecified atom stereocenters. The highest BCUT2D eigenvalue weighted by atomic mass is 35.5. The molecular weight excluding hydrogens is 414 g/mol. The zero-order chi connectivity index (χ0) is 21.8. The maximum Gasteiger partial charge on any atom is 0.322 e. The number of halogens is 1. The van der Waals surface area contributed by atoms with Crippen LogP contribution in [0.2, 0.25) is 5.02 Å². The van der Waals surface area contributed by atoms with Crippen molar-refractivity contribution in [3.63, 3.8) is 0 Å². The number of benzene rings is 2. The zero-order valence-electron chi connectivity index (χ0n) is 17.5. The Labute approximate surface area is 186 Å². The molecule has 1 saturated heterocycles. The van der Waals surface area contributed by atoms with Crippen molar-refractivity contribution >= 4 is 34.2 Å². The predicted molar refractivity (Wildman–Crippen MR) is 124 cm³/mol. The first-order valence-electron chi connectivity index (χ1n) is 10.6. The fraction of sp³-hybridized carbons (Fsp3) is 0.333. The number of anilines is 1. The molecule has 1 fully saturated rings. The summed E-state index contributed by atoms with van der Waals surface area (Å²) in [7, 11) is 0. The molecule has 7 heteroatoms. The third-order valence-electron chi connectivity index (χ3n) is 5.61. The number of nitrogens with zero attached hydrogens (tertiary/aromatic N) is 1. The van der Waals surface area contributed by atoms with Gasteiger partial charge in [0.2, 0.25) is 0 Å². The number of aromatic amines is 1. The van der Waals surface area contributed by atoms with E-state index in [-0.39, 0.29) is 24.2 Å². The van der Waals surface area contributed by atoms with Crippen LogP contribution in [0.25, 0.3) is 10.9 Å². The number of pyridine rings is 1. The topological polar surface area (TPSA) is 74.4 Å². The van der Waals surface area contributed by atoms with E-state index in [1.807, 2.05) is 24.3 Å². The van der Waals surface area contributed by atoms with Gasteiger partial charge in [0.25, 0.3) is 5.56 Å². The molecular formula is C24H26ClN3O3. The third kappa shape index (κ3) is 5.09. The molecule has 0 radical (unpaired) electrons. The van der Waals surface area contributed by atoms with E-state index >= 15 is 0 Å². The second kappa shape index (κ2) is 9.54. The third-order valence-corrected chi connectivity index (χ3v) is 5.94. The molecule has 6 nitrogen and oxygen atoms in total. The second-order valence-corrected chi connectivity index (χ2v) is 8.23. The van der Waals surface area contributed by atoms with Crippen molar-refractivity contribution in [1.29, 1.82) is 0 Å². The number of amides is 2. The SMILES string of the molecule is CCc1ccc2[nH]c(=O)c(CN(C[C@@H]3CCCO3)C(=O)Nc3ccccc3Cl)cc2c1. The van der Waals surface area contributed by atoms with Crippen LogP contribution in [0.4, 0.5) is 10.5 Å². The molecule has 1 atom stereocenters. The molecule has 2 aromatic carbocycles. The van der Waals surface area contributed by atoms with Gasteiger partial charge in [0.1, 0.15) is 0 Å². The molecule has 1 aromatic heterocycles. The van der Waals surface area contributed by atoms with Gasteiger partial charge in [-0.15, -0.1) is 0 Å². The number of rotatable bonds is 6. The van der Waals surface area contributed by atoms with Gasteiger partial charge in [0.05, 0.1) is 23.4 Å². The Bertz CT molecular complexity index is 1140. The van der Waals surface area contributed by atoms with E-state index in [0.29, 0.717) is 29.4 Å². The summed E-state index contributed by atoms with van der Waals surface area (Å²) >= 11 is 6.21. The number of ether oxygens (including phenoxy) is 1. The van der Waals surface area contributed by atoms with Crippen LogP contribution in [0, 0.1) is 0 Å². The van der Waals surface area contributed by atoms with E-state index in [1.54, 1.807) is 23.1 Å². The van der Waals surface area contributed by atoms with Crippen molar-refractivity contribution < 1.29 is 9.53 Å². The van der Waals surface area contributed by atoms with Crippen molar-refractivity contribution in [3.05, 3.63) is 75.0 Å². The Balaban J connectivity index is 1.62. The number of hydrogen-bond donors (Lipinski definition) is 2. The van der Waals surface area contributed by atoms with Gasteiger partial charge in [0, 0.05) is 24.2 Å². The van der Waals surface area contributed by atoms with Crippen LogP contribution in [-0.4, -0.2) is 35.2 Å². The van der Waals surface area contributed by atoms with Gasteiger partial charge in [-0.2, -0.15) is 0 Å². The summed E-state index contributed by atoms with van der Waals surface area (Å²) < 4.78 is 5.74. The molecule has 0 aliphatic carbocycles. The summed E-state index contributed by atoms with van der Waals surface area (Å²) in [6, 6.07) is 14.7. The molecule has 2 N–H and O–H groups in total. The lowest BCUT2D eigenvalue weighted by Crippen LogP contribution is -2.40. The quantitative estimate of drug-likeness (QED) is 0.570. The maximum atomic E-state index is 13.1. The van der Waals surface area contributed by atoms with Crippen LogP contribution in [0.15, 0.2) is 53.3 Å². The molecule has 1 aliphatic rings. The molecule has 1 aliphatic heterocycles. The fourth-order valence-corrected chi connectivity index (χ4v) is 4.04. The first-order valence-corrected chi connectivity index (χ1v) is 11.0. The lowest BCUT2D eigenvalue weighted by Gasteiger charge is -2.26. The van der Waals surface area contributed by atoms with Crippen molar-refractivity contribution in [1.82, 2.24) is 9.88 Å². The molecule has 2 amide bonds. The Morgan fingerprint density at radius 1 is 1.26 bits per heavy atom. The molecule has 0 spiro atoms. The number of para-hydroxylation sites is 1. The normalized spacial score (nSPS) is 15.9. The summed E-state index contributed by atoms with van der Waals surface area (Å²) in [5.74, 6) is 0. The van der Waals surface area contributed by atoms with Gasteiger partial charge in [0.15, 0.2) is 0 Å². The Hall–Kier alpha value is -2.83. The first-order chi connectivity index (χ1) is 15.0. The monoisotopic (exact) mass is 439 g/mol. The van der Waals surface area contributed by atoms with Crippen LogP contribution < -0.4 is 10.9 Å². The van der Waals surface area contributed by atoms with Gasteiger partial charge in [-0.25, -0.2) is 4.79 Å². The van der Waals surface area contributed by atoms with E-state index in [0.717, 1.165) is 30.2 Å². The molecule has 0 saturated carbocycles. The summed E-state index contributed by atoms with van der Waals surface area (Å²) in [6.45, 7) is 3.37. The molecule has 0 bridgehead atoms. The highest BCUT2D eigenvalue weighted by Gasteiger charge is 2.24. The van der Waals surface area contributed by atoms with Gasteiger partial charge in [-0.3, -0.25) is 4.79 Å². The lowest BCUT2D eigenvalue weighted by atomic mass is 10.1. The van der Waals surface area contributed by atoms with Crippen molar-refractivity contribution in [3.8, 4) is 0 Å². The second-order valence-electron chi connectivity index (χ2n) is 7.82. The number of fused-ring (bicyclic) bond motifs is 1. The summed E-state index contributed by atoms with van der Waals surface area (Å²) in [5, 5.41) is 4.28. The van der Waals surface area contributed by atoms with Crippen LogP contribution in [-0.2, 0) is 17.7 Å². The number of urea groups is 1. The molecule has 3 aromatic rings. The van der Waals surface area contributed by atoms with Crippen molar-refractivity contribution in [2.45, 2.75) is 38.8 Å². The van der Waals surface area contributed by atoms with Crippen LogP contribution in [0.5, 0.6) is 0 Å². The van der Waals surface area contributed by atoms with E-state index in [9.17, 15) is 9.59 Å². The zero-order valence-corrected chi connectivity index (χ0v) is 18.2. The number of aryl methyl sites for hydroxylation is 1. The Morgan fingerprint density at radius 3 is 2.84 bits per heavy atom. The Kier molecular flexibility index (Phi) is 6.59. The van der Waals surface area contributed by atoms with E-state index in [4.69, 9.17) is 16.3 Å². The van der Waals surface area contributed by atoms with E-state index in [2.05, 4.69) is 23.3 Å².